The number of halogens is 4. The zero-order valence-corrected chi connectivity index (χ0v) is 18.8. The highest BCUT2D eigenvalue weighted by atomic mass is 35.5. The van der Waals surface area contributed by atoms with E-state index in [2.05, 4.69) is 14.2 Å². The van der Waals surface area contributed by atoms with Crippen molar-refractivity contribution in [2.75, 3.05) is 11.6 Å². The fourth-order valence-electron chi connectivity index (χ4n) is 3.40. The quantitative estimate of drug-likeness (QED) is 0.407. The van der Waals surface area contributed by atoms with E-state index in [0.29, 0.717) is 23.6 Å². The molecule has 2 aromatic rings. The smallest absolute Gasteiger partial charge is 0.399 e. The number of nitrogens with two attached hydrogens (primary N) is 2. The molecule has 2 heterocycles. The lowest BCUT2D eigenvalue weighted by Gasteiger charge is -2.38. The summed E-state index contributed by atoms with van der Waals surface area (Å²) in [4.78, 5) is 18.7. The van der Waals surface area contributed by atoms with Crippen molar-refractivity contribution in [3.05, 3.63) is 63.6 Å². The molecule has 2 atom stereocenters. The number of nitrogens with zero attached hydrogens (tertiary/aromatic N) is 3. The molecule has 1 aromatic heterocycles. The molecule has 0 aliphatic carbocycles. The second-order valence-corrected chi connectivity index (χ2v) is 8.26. The second kappa shape index (κ2) is 8.65. The third-order valence-electron chi connectivity index (χ3n) is 5.31. The zero-order chi connectivity index (χ0) is 23.1. The van der Waals surface area contributed by atoms with E-state index in [0.717, 1.165) is 23.0 Å². The van der Waals surface area contributed by atoms with Crippen LogP contribution in [0.1, 0.15) is 34.8 Å². The fraction of sp³-hybridized carbons (Fsp3) is 0.300. The number of hydrogen-bond donors (Lipinski definition) is 2. The predicted molar refractivity (Wildman–Crippen MR) is 118 cm³/mol. The van der Waals surface area contributed by atoms with Crippen molar-refractivity contribution < 1.29 is 18.0 Å². The molecule has 0 saturated carbocycles. The molecule has 1 aliphatic rings. The summed E-state index contributed by atoms with van der Waals surface area (Å²) in [5, 5.41) is 1.69. The maximum atomic E-state index is 13.2. The number of alkyl halides is 3. The molecule has 6 nitrogen and oxygen atoms in total. The molecule has 3 rings (SSSR count). The molecule has 1 aliphatic heterocycles. The van der Waals surface area contributed by atoms with Crippen LogP contribution in [0, 0.1) is 6.92 Å². The van der Waals surface area contributed by atoms with E-state index in [1.54, 1.807) is 13.1 Å². The third-order valence-corrected chi connectivity index (χ3v) is 6.32. The van der Waals surface area contributed by atoms with Crippen LogP contribution in [-0.4, -0.2) is 28.4 Å². The van der Waals surface area contributed by atoms with Crippen molar-refractivity contribution in [3.8, 4) is 0 Å². The van der Waals surface area contributed by atoms with Crippen molar-refractivity contribution in [2.24, 2.45) is 11.6 Å². The van der Waals surface area contributed by atoms with E-state index in [9.17, 15) is 18.0 Å². The van der Waals surface area contributed by atoms with Crippen LogP contribution in [0.4, 0.5) is 19.0 Å². The molecule has 1 aromatic carbocycles. The Morgan fingerprint density at radius 1 is 1.39 bits per heavy atom. The summed E-state index contributed by atoms with van der Waals surface area (Å²) in [6, 6.07) is 4.48. The molecule has 2 unspecified atom stereocenters. The number of carbonyl (C=O) groups is 1. The Labute approximate surface area is 185 Å². The number of anilines is 1. The lowest BCUT2D eigenvalue weighted by molar-refractivity contribution is -0.137. The lowest BCUT2D eigenvalue weighted by atomic mass is 10.0. The molecule has 1 amide bonds. The predicted octanol–water partition coefficient (Wildman–Crippen LogP) is 3.35. The average Bonchev–Trinajstić information content (AvgIpc) is 2.70. The van der Waals surface area contributed by atoms with Crippen LogP contribution >= 0.6 is 20.8 Å². The highest BCUT2D eigenvalue weighted by Crippen LogP contribution is 2.37. The van der Waals surface area contributed by atoms with Gasteiger partial charge in [0, 0.05) is 19.2 Å². The summed E-state index contributed by atoms with van der Waals surface area (Å²) in [5.74, 6) is 6.11. The van der Waals surface area contributed by atoms with Crippen molar-refractivity contribution >= 4 is 37.9 Å². The van der Waals surface area contributed by atoms with E-state index < -0.39 is 28.7 Å². The van der Waals surface area contributed by atoms with Gasteiger partial charge in [-0.2, -0.15) is 13.2 Å². The number of benzene rings is 1. The Morgan fingerprint density at radius 2 is 2.06 bits per heavy atom. The third kappa shape index (κ3) is 4.49. The maximum Gasteiger partial charge on any atom is 0.417 e. The van der Waals surface area contributed by atoms with Crippen molar-refractivity contribution in [1.82, 2.24) is 9.88 Å². The van der Waals surface area contributed by atoms with Crippen LogP contribution in [-0.2, 0) is 6.18 Å². The highest BCUT2D eigenvalue weighted by Gasteiger charge is 2.37. The summed E-state index contributed by atoms with van der Waals surface area (Å²) in [7, 11) is 2.58. The topological polar surface area (TPSA) is 88.5 Å². The molecule has 166 valence electrons. The summed E-state index contributed by atoms with van der Waals surface area (Å²) in [6.45, 7) is 3.81. The van der Waals surface area contributed by atoms with Crippen LogP contribution < -0.4 is 21.9 Å². The highest BCUT2D eigenvalue weighted by molar-refractivity contribution is 7.27. The van der Waals surface area contributed by atoms with Crippen LogP contribution in [0.15, 0.2) is 41.9 Å². The zero-order valence-electron chi connectivity index (χ0n) is 16.9. The maximum absolute atomic E-state index is 13.2. The van der Waals surface area contributed by atoms with Crippen molar-refractivity contribution in [1.29, 1.82) is 0 Å². The molecule has 0 radical (unpaired) electrons. The van der Waals surface area contributed by atoms with E-state index in [1.165, 1.54) is 16.0 Å². The van der Waals surface area contributed by atoms with Gasteiger partial charge in [-0.25, -0.2) is 10.8 Å². The molecule has 0 fully saturated rings. The molecular weight excluding hydrogens is 450 g/mol. The van der Waals surface area contributed by atoms with Crippen LogP contribution in [0.3, 0.4) is 0 Å². The molecular formula is C20H22ClF3N5OP. The molecule has 0 saturated heterocycles. The van der Waals surface area contributed by atoms with E-state index in [-0.39, 0.29) is 12.1 Å². The number of aromatic nitrogens is 1. The number of aryl methyl sites for hydroxylation is 1. The van der Waals surface area contributed by atoms with Crippen molar-refractivity contribution in [3.63, 3.8) is 0 Å². The fourth-order valence-corrected chi connectivity index (χ4v) is 3.87. The lowest BCUT2D eigenvalue weighted by Crippen LogP contribution is -2.49. The summed E-state index contributed by atoms with van der Waals surface area (Å²) >= 11 is 5.93. The van der Waals surface area contributed by atoms with Gasteiger partial charge in [0.15, 0.2) is 0 Å². The van der Waals surface area contributed by atoms with Crippen molar-refractivity contribution in [2.45, 2.75) is 32.5 Å². The Balaban J connectivity index is 1.90. The van der Waals surface area contributed by atoms with E-state index in [4.69, 9.17) is 23.2 Å². The first-order chi connectivity index (χ1) is 14.4. The monoisotopic (exact) mass is 471 g/mol. The normalized spacial score (nSPS) is 17.2. The Kier molecular flexibility index (Phi) is 6.51. The number of pyridine rings is 1. The second-order valence-electron chi connectivity index (χ2n) is 7.26. The SMILES string of the molecule is Cc1cc(N(N)C2=C(N)C(C)N(C(=O)c3cccc(C(F)(F)F)c3Cl)CC2)ncc1P. The van der Waals surface area contributed by atoms with Gasteiger partial charge >= 0.3 is 6.18 Å². The number of hydrogen-bond acceptors (Lipinski definition) is 5. The van der Waals surface area contributed by atoms with Crippen LogP contribution in [0.2, 0.25) is 5.02 Å². The Morgan fingerprint density at radius 3 is 2.68 bits per heavy atom. The average molecular weight is 472 g/mol. The summed E-state index contributed by atoms with van der Waals surface area (Å²) in [5.41, 5.74) is 6.91. The van der Waals surface area contributed by atoms with Crippen LogP contribution in [0.25, 0.3) is 0 Å². The number of rotatable bonds is 3. The van der Waals surface area contributed by atoms with Gasteiger partial charge in [0.2, 0.25) is 0 Å². The molecule has 11 heteroatoms. The molecule has 4 N–H and O–H groups in total. The minimum atomic E-state index is -4.66. The first kappa shape index (κ1) is 23.3. The molecule has 0 spiro atoms. The first-order valence-electron chi connectivity index (χ1n) is 9.35. The number of amides is 1. The number of carbonyl (C=O) groups excluding carboxylic acids is 1. The van der Waals surface area contributed by atoms with Gasteiger partial charge in [-0.05, 0) is 42.9 Å². The number of hydrazine groups is 1. The summed E-state index contributed by atoms with van der Waals surface area (Å²) < 4.78 is 39.5. The largest absolute Gasteiger partial charge is 0.417 e. The Hall–Kier alpha value is -2.35. The van der Waals surface area contributed by atoms with Gasteiger partial charge in [-0.1, -0.05) is 17.7 Å². The van der Waals surface area contributed by atoms with Gasteiger partial charge in [-0.15, -0.1) is 9.24 Å². The molecule has 31 heavy (non-hydrogen) atoms. The van der Waals surface area contributed by atoms with Gasteiger partial charge in [0.1, 0.15) is 5.82 Å². The minimum Gasteiger partial charge on any atom is -0.399 e. The minimum absolute atomic E-state index is 0.205. The van der Waals surface area contributed by atoms with Gasteiger partial charge < -0.3 is 10.6 Å². The standard InChI is InChI=1S/C20H22ClF3N5OP/c1-10-8-16(27-9-15(10)31)29(26)14-6-7-28(11(2)18(14)25)19(30)12-4-3-5-13(17(12)21)20(22,23)24/h3-5,8-9,11H,6-7,25-26,31H2,1-2H3. The van der Waals surface area contributed by atoms with Gasteiger partial charge in [0.05, 0.1) is 33.6 Å². The molecule has 0 bridgehead atoms. The van der Waals surface area contributed by atoms with Gasteiger partial charge in [0.25, 0.3) is 5.91 Å². The van der Waals surface area contributed by atoms with Crippen LogP contribution in [0.5, 0.6) is 0 Å². The van der Waals surface area contributed by atoms with E-state index in [1.807, 2.05) is 13.0 Å². The summed E-state index contributed by atoms with van der Waals surface area (Å²) in [6.07, 6.45) is -2.69. The first-order valence-corrected chi connectivity index (χ1v) is 10.3. The Bertz CT molecular complexity index is 1060. The van der Waals surface area contributed by atoms with E-state index >= 15 is 0 Å². The van der Waals surface area contributed by atoms with Gasteiger partial charge in [-0.3, -0.25) is 9.80 Å².